The Bertz CT molecular complexity index is 341. The maximum Gasteiger partial charge on any atom is 0.404 e. The fraction of sp³-hybridized carbons (Fsp3) is 0.364. The Balaban J connectivity index is 2.46. The van der Waals surface area contributed by atoms with Gasteiger partial charge in [-0.25, -0.2) is 4.79 Å². The van der Waals surface area contributed by atoms with E-state index < -0.39 is 6.09 Å². The zero-order valence-corrected chi connectivity index (χ0v) is 9.10. The molecule has 16 heavy (non-hydrogen) atoms. The maximum absolute atomic E-state index is 10.3. The van der Waals surface area contributed by atoms with Crippen LogP contribution in [0.5, 0.6) is 5.75 Å². The highest BCUT2D eigenvalue weighted by molar-refractivity contribution is 5.64. The van der Waals surface area contributed by atoms with Gasteiger partial charge >= 0.3 is 6.09 Å². The van der Waals surface area contributed by atoms with Crippen molar-refractivity contribution in [2.24, 2.45) is 0 Å². The van der Waals surface area contributed by atoms with Crippen LogP contribution < -0.4 is 10.1 Å². The van der Waals surface area contributed by atoms with Crippen LogP contribution in [-0.2, 0) is 11.3 Å². The first-order valence-corrected chi connectivity index (χ1v) is 4.90. The van der Waals surface area contributed by atoms with Crippen molar-refractivity contribution in [3.8, 4) is 5.75 Å². The van der Waals surface area contributed by atoms with Crippen LogP contribution in [0.15, 0.2) is 24.3 Å². The van der Waals surface area contributed by atoms with Crippen LogP contribution in [0.1, 0.15) is 5.56 Å². The molecular weight excluding hydrogens is 210 g/mol. The summed E-state index contributed by atoms with van der Waals surface area (Å²) in [4.78, 5) is 10.3. The fourth-order valence-corrected chi connectivity index (χ4v) is 1.17. The van der Waals surface area contributed by atoms with Crippen molar-refractivity contribution in [3.63, 3.8) is 0 Å². The number of benzene rings is 1. The lowest BCUT2D eigenvalue weighted by Gasteiger charge is -2.07. The van der Waals surface area contributed by atoms with E-state index in [0.29, 0.717) is 19.0 Å². The third-order valence-corrected chi connectivity index (χ3v) is 1.90. The molecule has 0 atom stereocenters. The standard InChI is InChI=1S/C11H15NO4/c1-15-5-6-16-10-4-2-3-9(7-10)8-12-11(13)14/h2-4,7,12H,5-6,8H2,1H3,(H,13,14). The van der Waals surface area contributed by atoms with Crippen LogP contribution in [0.4, 0.5) is 4.79 Å². The predicted molar refractivity (Wildman–Crippen MR) is 58.7 cm³/mol. The topological polar surface area (TPSA) is 67.8 Å². The van der Waals surface area contributed by atoms with E-state index >= 15 is 0 Å². The zero-order valence-electron chi connectivity index (χ0n) is 9.10. The molecule has 0 aromatic heterocycles. The highest BCUT2D eigenvalue weighted by Crippen LogP contribution is 2.12. The second-order valence-electron chi connectivity index (χ2n) is 3.15. The summed E-state index contributed by atoms with van der Waals surface area (Å²) < 4.78 is 10.3. The largest absolute Gasteiger partial charge is 0.491 e. The van der Waals surface area contributed by atoms with Crippen LogP contribution in [0, 0.1) is 0 Å². The highest BCUT2D eigenvalue weighted by Gasteiger charge is 1.99. The molecule has 0 aliphatic rings. The van der Waals surface area contributed by atoms with E-state index in [1.54, 1.807) is 13.2 Å². The van der Waals surface area contributed by atoms with Crippen LogP contribution in [0.3, 0.4) is 0 Å². The molecule has 0 bridgehead atoms. The molecule has 1 amide bonds. The van der Waals surface area contributed by atoms with Gasteiger partial charge in [-0.05, 0) is 17.7 Å². The van der Waals surface area contributed by atoms with Crippen molar-refractivity contribution >= 4 is 6.09 Å². The Labute approximate surface area is 94.0 Å². The third-order valence-electron chi connectivity index (χ3n) is 1.90. The second kappa shape index (κ2) is 6.68. The van der Waals surface area contributed by atoms with Gasteiger partial charge in [0, 0.05) is 13.7 Å². The third kappa shape index (κ3) is 4.65. The summed E-state index contributed by atoms with van der Waals surface area (Å²) in [5, 5.41) is 10.8. The normalized spacial score (nSPS) is 9.81. The molecule has 0 saturated heterocycles. The van der Waals surface area contributed by atoms with Crippen LogP contribution in [0.2, 0.25) is 0 Å². The molecule has 0 aliphatic heterocycles. The maximum atomic E-state index is 10.3. The Hall–Kier alpha value is -1.75. The quantitative estimate of drug-likeness (QED) is 0.719. The van der Waals surface area contributed by atoms with Gasteiger partial charge in [0.15, 0.2) is 0 Å². The summed E-state index contributed by atoms with van der Waals surface area (Å²) in [6.07, 6.45) is -1.04. The molecule has 0 heterocycles. The molecule has 5 heteroatoms. The van der Waals surface area contributed by atoms with E-state index in [1.807, 2.05) is 18.2 Å². The minimum atomic E-state index is -1.04. The van der Waals surface area contributed by atoms with Crippen molar-refractivity contribution in [3.05, 3.63) is 29.8 Å². The Morgan fingerprint density at radius 3 is 2.94 bits per heavy atom. The molecule has 2 N–H and O–H groups in total. The summed E-state index contributed by atoms with van der Waals surface area (Å²) in [6, 6.07) is 7.27. The van der Waals surface area contributed by atoms with Gasteiger partial charge in [-0.15, -0.1) is 0 Å². The molecule has 0 saturated carbocycles. The van der Waals surface area contributed by atoms with Gasteiger partial charge in [-0.2, -0.15) is 0 Å². The summed E-state index contributed by atoms with van der Waals surface area (Å²) in [6.45, 7) is 1.28. The minimum absolute atomic E-state index is 0.275. The molecule has 0 fully saturated rings. The summed E-state index contributed by atoms with van der Waals surface area (Å²) in [5.41, 5.74) is 0.859. The first-order chi connectivity index (χ1) is 7.72. The van der Waals surface area contributed by atoms with Crippen molar-refractivity contribution in [1.82, 2.24) is 5.32 Å². The number of nitrogens with one attached hydrogen (secondary N) is 1. The van der Waals surface area contributed by atoms with Crippen molar-refractivity contribution in [2.45, 2.75) is 6.54 Å². The van der Waals surface area contributed by atoms with Gasteiger partial charge in [0.05, 0.1) is 6.61 Å². The van der Waals surface area contributed by atoms with E-state index in [4.69, 9.17) is 14.6 Å². The molecule has 0 unspecified atom stereocenters. The average Bonchev–Trinajstić information content (AvgIpc) is 2.27. The van der Waals surface area contributed by atoms with Crippen molar-refractivity contribution < 1.29 is 19.4 Å². The molecule has 0 aliphatic carbocycles. The number of amides is 1. The molecule has 0 radical (unpaired) electrons. The van der Waals surface area contributed by atoms with Crippen LogP contribution in [0.25, 0.3) is 0 Å². The zero-order chi connectivity index (χ0) is 11.8. The number of methoxy groups -OCH3 is 1. The minimum Gasteiger partial charge on any atom is -0.491 e. The number of ether oxygens (including phenoxy) is 2. The van der Waals surface area contributed by atoms with Crippen LogP contribution >= 0.6 is 0 Å². The number of carboxylic acid groups (broad SMARTS) is 1. The number of hydrogen-bond donors (Lipinski definition) is 2. The smallest absolute Gasteiger partial charge is 0.404 e. The lowest BCUT2D eigenvalue weighted by Crippen LogP contribution is -2.19. The van der Waals surface area contributed by atoms with E-state index in [0.717, 1.165) is 5.56 Å². The Kier molecular flexibility index (Phi) is 5.15. The van der Waals surface area contributed by atoms with Crippen molar-refractivity contribution in [1.29, 1.82) is 0 Å². The van der Waals surface area contributed by atoms with Gasteiger partial charge in [0.2, 0.25) is 0 Å². The first kappa shape index (κ1) is 12.3. The number of rotatable bonds is 6. The molecule has 88 valence electrons. The summed E-state index contributed by atoms with van der Waals surface area (Å²) in [7, 11) is 1.61. The first-order valence-electron chi connectivity index (χ1n) is 4.90. The van der Waals surface area contributed by atoms with Gasteiger partial charge < -0.3 is 19.9 Å². The van der Waals surface area contributed by atoms with Crippen molar-refractivity contribution in [2.75, 3.05) is 20.3 Å². The molecule has 1 rings (SSSR count). The van der Waals surface area contributed by atoms with Gasteiger partial charge in [-0.1, -0.05) is 12.1 Å². The molecule has 0 spiro atoms. The summed E-state index contributed by atoms with van der Waals surface area (Å²) >= 11 is 0. The lowest BCUT2D eigenvalue weighted by molar-refractivity contribution is 0.146. The van der Waals surface area contributed by atoms with Gasteiger partial charge in [0.1, 0.15) is 12.4 Å². The van der Waals surface area contributed by atoms with E-state index in [9.17, 15) is 4.79 Å². The van der Waals surface area contributed by atoms with Gasteiger partial charge in [0.25, 0.3) is 0 Å². The molecule has 5 nitrogen and oxygen atoms in total. The average molecular weight is 225 g/mol. The Morgan fingerprint density at radius 2 is 2.25 bits per heavy atom. The lowest BCUT2D eigenvalue weighted by atomic mass is 10.2. The van der Waals surface area contributed by atoms with Crippen LogP contribution in [-0.4, -0.2) is 31.5 Å². The number of carbonyl (C=O) groups is 1. The highest BCUT2D eigenvalue weighted by atomic mass is 16.5. The number of hydrogen-bond acceptors (Lipinski definition) is 3. The predicted octanol–water partition coefficient (Wildman–Crippen LogP) is 1.48. The molecule has 1 aromatic rings. The van der Waals surface area contributed by atoms with E-state index in [2.05, 4.69) is 5.32 Å². The second-order valence-corrected chi connectivity index (χ2v) is 3.15. The summed E-state index contributed by atoms with van der Waals surface area (Å²) in [5.74, 6) is 0.710. The Morgan fingerprint density at radius 1 is 1.44 bits per heavy atom. The fourth-order valence-electron chi connectivity index (χ4n) is 1.17. The SMILES string of the molecule is COCCOc1cccc(CNC(=O)O)c1. The van der Waals surface area contributed by atoms with E-state index in [1.165, 1.54) is 0 Å². The van der Waals surface area contributed by atoms with E-state index in [-0.39, 0.29) is 6.54 Å². The van der Waals surface area contributed by atoms with Gasteiger partial charge in [-0.3, -0.25) is 0 Å². The molecular formula is C11H15NO4. The molecule has 1 aromatic carbocycles. The monoisotopic (exact) mass is 225 g/mol.